The number of benzene rings is 1. The minimum Gasteiger partial charge on any atom is -0.336 e. The van der Waals surface area contributed by atoms with Gasteiger partial charge >= 0.3 is 6.03 Å². The summed E-state index contributed by atoms with van der Waals surface area (Å²) < 4.78 is 13.8. The smallest absolute Gasteiger partial charge is 0.317 e. The van der Waals surface area contributed by atoms with Crippen LogP contribution in [0.2, 0.25) is 0 Å². The second kappa shape index (κ2) is 7.96. The lowest BCUT2D eigenvalue weighted by Gasteiger charge is -2.36. The van der Waals surface area contributed by atoms with E-state index >= 15 is 0 Å². The highest BCUT2D eigenvalue weighted by molar-refractivity contribution is 5.94. The zero-order valence-electron chi connectivity index (χ0n) is 15.6. The summed E-state index contributed by atoms with van der Waals surface area (Å²) in [5.74, 6) is -0.0917. The van der Waals surface area contributed by atoms with E-state index in [1.54, 1.807) is 42.7 Å². The molecular weight excluding hydrogens is 359 g/mol. The van der Waals surface area contributed by atoms with Gasteiger partial charge in [-0.25, -0.2) is 9.18 Å². The average molecular weight is 382 g/mol. The summed E-state index contributed by atoms with van der Waals surface area (Å²) in [6.07, 6.45) is 5.10. The molecule has 1 aromatic heterocycles. The van der Waals surface area contributed by atoms with Crippen LogP contribution in [0.1, 0.15) is 28.8 Å². The Morgan fingerprint density at radius 1 is 1.07 bits per heavy atom. The second-order valence-electron chi connectivity index (χ2n) is 7.45. The molecule has 0 radical (unpaired) electrons. The average Bonchev–Trinajstić information content (AvgIpc) is 3.05. The lowest BCUT2D eigenvalue weighted by molar-refractivity contribution is 0.0741. The molecule has 3 fully saturated rings. The Kier molecular flexibility index (Phi) is 5.23. The number of rotatable bonds is 3. The van der Waals surface area contributed by atoms with Gasteiger partial charge in [0.05, 0.1) is 6.04 Å². The maximum Gasteiger partial charge on any atom is 0.317 e. The number of carbonyl (C=O) groups excluding carboxylic acids is 2. The normalized spacial score (nSPS) is 21.3. The van der Waals surface area contributed by atoms with Crippen LogP contribution in [0.5, 0.6) is 0 Å². The van der Waals surface area contributed by atoms with Crippen LogP contribution < -0.4 is 5.32 Å². The van der Waals surface area contributed by atoms with Crippen LogP contribution in [0.15, 0.2) is 48.8 Å². The van der Waals surface area contributed by atoms with Gasteiger partial charge in [-0.05, 0) is 37.0 Å². The molecule has 3 aliphatic rings. The molecule has 0 saturated carbocycles. The van der Waals surface area contributed by atoms with Crippen LogP contribution in [0.25, 0.3) is 0 Å². The van der Waals surface area contributed by atoms with Gasteiger partial charge in [0.1, 0.15) is 5.82 Å². The van der Waals surface area contributed by atoms with Gasteiger partial charge in [0.25, 0.3) is 5.91 Å². The molecule has 1 aromatic carbocycles. The Labute approximate surface area is 163 Å². The topological polar surface area (TPSA) is 65.5 Å². The SMILES string of the molecule is O=C(c1ccncc1)N1C[C@@H]2CC[C@H](C1)N(C(=O)NCc1ccccc1F)C2. The fourth-order valence-corrected chi connectivity index (χ4v) is 4.09. The molecule has 2 aromatic rings. The Bertz CT molecular complexity index is 860. The molecule has 6 nitrogen and oxygen atoms in total. The summed E-state index contributed by atoms with van der Waals surface area (Å²) in [7, 11) is 0. The van der Waals surface area contributed by atoms with E-state index in [9.17, 15) is 14.0 Å². The molecule has 2 atom stereocenters. The standard InChI is InChI=1S/C21H23FN4O2/c22-19-4-2-1-3-17(19)11-24-21(28)26-13-15-5-6-18(26)14-25(12-15)20(27)16-7-9-23-10-8-16/h1-4,7-10,15,18H,5-6,11-14H2,(H,24,28)/t15-,18+/m0/s1. The van der Waals surface area contributed by atoms with Crippen molar-refractivity contribution in [3.8, 4) is 0 Å². The molecule has 146 valence electrons. The summed E-state index contributed by atoms with van der Waals surface area (Å²) >= 11 is 0. The van der Waals surface area contributed by atoms with Crippen LogP contribution in [0, 0.1) is 11.7 Å². The first-order valence-corrected chi connectivity index (χ1v) is 9.59. The molecule has 0 spiro atoms. The summed E-state index contributed by atoms with van der Waals surface area (Å²) in [5.41, 5.74) is 1.08. The minimum atomic E-state index is -0.325. The van der Waals surface area contributed by atoms with Crippen LogP contribution in [-0.2, 0) is 6.54 Å². The summed E-state index contributed by atoms with van der Waals surface area (Å²) in [6.45, 7) is 1.94. The molecule has 28 heavy (non-hydrogen) atoms. The van der Waals surface area contributed by atoms with E-state index in [-0.39, 0.29) is 36.3 Å². The van der Waals surface area contributed by atoms with Crippen molar-refractivity contribution < 1.29 is 14.0 Å². The Morgan fingerprint density at radius 2 is 1.86 bits per heavy atom. The second-order valence-corrected chi connectivity index (χ2v) is 7.45. The summed E-state index contributed by atoms with van der Waals surface area (Å²) in [4.78, 5) is 33.2. The number of amides is 3. The molecule has 3 amide bonds. The van der Waals surface area contributed by atoms with Crippen LogP contribution >= 0.6 is 0 Å². The third kappa shape index (κ3) is 3.83. The number of urea groups is 1. The first-order chi connectivity index (χ1) is 13.6. The van der Waals surface area contributed by atoms with Gasteiger partial charge in [-0.15, -0.1) is 0 Å². The van der Waals surface area contributed by atoms with Crippen LogP contribution in [0.3, 0.4) is 0 Å². The van der Waals surface area contributed by atoms with Crippen molar-refractivity contribution in [2.45, 2.75) is 25.4 Å². The number of carbonyl (C=O) groups is 2. The number of nitrogens with one attached hydrogen (secondary N) is 1. The molecule has 7 heteroatoms. The van der Waals surface area contributed by atoms with Gasteiger partial charge in [-0.2, -0.15) is 0 Å². The van der Waals surface area contributed by atoms with E-state index in [1.807, 2.05) is 9.80 Å². The van der Waals surface area contributed by atoms with Crippen LogP contribution in [0.4, 0.5) is 9.18 Å². The molecule has 3 saturated heterocycles. The number of fused-ring (bicyclic) bond motifs is 4. The fraction of sp³-hybridized carbons (Fsp3) is 0.381. The maximum atomic E-state index is 13.8. The number of nitrogens with zero attached hydrogens (tertiary/aromatic N) is 3. The first kappa shape index (κ1) is 18.4. The van der Waals surface area contributed by atoms with Gasteiger partial charge in [0.15, 0.2) is 0 Å². The number of aromatic nitrogens is 1. The monoisotopic (exact) mass is 382 g/mol. The first-order valence-electron chi connectivity index (χ1n) is 9.59. The largest absolute Gasteiger partial charge is 0.336 e. The van der Waals surface area contributed by atoms with E-state index in [0.29, 0.717) is 30.8 Å². The van der Waals surface area contributed by atoms with Gasteiger partial charge in [-0.3, -0.25) is 9.78 Å². The van der Waals surface area contributed by atoms with Crippen molar-refractivity contribution in [2.24, 2.45) is 5.92 Å². The summed E-state index contributed by atoms with van der Waals surface area (Å²) in [6, 6.07) is 9.64. The highest BCUT2D eigenvalue weighted by Crippen LogP contribution is 2.29. The molecular formula is C21H23FN4O2. The molecule has 5 rings (SSSR count). The molecule has 3 aliphatic heterocycles. The Morgan fingerprint density at radius 3 is 2.64 bits per heavy atom. The van der Waals surface area contributed by atoms with E-state index in [1.165, 1.54) is 6.07 Å². The minimum absolute atomic E-state index is 0.0204. The highest BCUT2D eigenvalue weighted by atomic mass is 19.1. The number of hydrogen-bond acceptors (Lipinski definition) is 3. The predicted octanol–water partition coefficient (Wildman–Crippen LogP) is 2.67. The predicted molar refractivity (Wildman–Crippen MR) is 102 cm³/mol. The van der Waals surface area contributed by atoms with E-state index in [0.717, 1.165) is 12.8 Å². The van der Waals surface area contributed by atoms with E-state index < -0.39 is 0 Å². The van der Waals surface area contributed by atoms with Gasteiger partial charge in [0, 0.05) is 49.7 Å². The van der Waals surface area contributed by atoms with Gasteiger partial charge in [0.2, 0.25) is 0 Å². The third-order valence-electron chi connectivity index (χ3n) is 5.58. The van der Waals surface area contributed by atoms with Crippen molar-refractivity contribution in [1.82, 2.24) is 20.1 Å². The third-order valence-corrected chi connectivity index (χ3v) is 5.58. The van der Waals surface area contributed by atoms with Crippen molar-refractivity contribution in [3.63, 3.8) is 0 Å². The van der Waals surface area contributed by atoms with Crippen molar-refractivity contribution in [1.29, 1.82) is 0 Å². The zero-order chi connectivity index (χ0) is 19.5. The molecule has 0 unspecified atom stereocenters. The van der Waals surface area contributed by atoms with Crippen molar-refractivity contribution in [3.05, 3.63) is 65.7 Å². The molecule has 0 aliphatic carbocycles. The van der Waals surface area contributed by atoms with Crippen molar-refractivity contribution in [2.75, 3.05) is 19.6 Å². The Hall–Kier alpha value is -2.96. The maximum absolute atomic E-state index is 13.8. The zero-order valence-corrected chi connectivity index (χ0v) is 15.6. The van der Waals surface area contributed by atoms with E-state index in [2.05, 4.69) is 10.3 Å². The molecule has 2 bridgehead atoms. The van der Waals surface area contributed by atoms with Crippen LogP contribution in [-0.4, -0.2) is 52.4 Å². The fourth-order valence-electron chi connectivity index (χ4n) is 4.09. The van der Waals surface area contributed by atoms with Gasteiger partial charge in [-0.1, -0.05) is 18.2 Å². The van der Waals surface area contributed by atoms with E-state index in [4.69, 9.17) is 0 Å². The summed E-state index contributed by atoms with van der Waals surface area (Å²) in [5, 5.41) is 2.83. The highest BCUT2D eigenvalue weighted by Gasteiger charge is 2.38. The number of piperidine rings is 1. The van der Waals surface area contributed by atoms with Crippen molar-refractivity contribution >= 4 is 11.9 Å². The lowest BCUT2D eigenvalue weighted by Crippen LogP contribution is -2.51. The molecule has 1 N–H and O–H groups in total. The Balaban J connectivity index is 1.42. The number of pyridine rings is 1. The van der Waals surface area contributed by atoms with Gasteiger partial charge < -0.3 is 15.1 Å². The quantitative estimate of drug-likeness (QED) is 0.888. The molecule has 4 heterocycles. The number of hydrogen-bond donors (Lipinski definition) is 1. The lowest BCUT2D eigenvalue weighted by atomic mass is 9.95. The number of halogens is 1.